The molecule has 1 aromatic heterocycles. The van der Waals surface area contributed by atoms with Crippen LogP contribution in [0.1, 0.15) is 21.8 Å². The smallest absolute Gasteiger partial charge is 0.312 e. The number of carboxylic acid groups (broad SMARTS) is 1. The van der Waals surface area contributed by atoms with Crippen molar-refractivity contribution in [2.75, 3.05) is 7.11 Å². The van der Waals surface area contributed by atoms with Gasteiger partial charge in [-0.2, -0.15) is 4.98 Å². The number of carbonyl (C=O) groups excluding carboxylic acids is 1. The van der Waals surface area contributed by atoms with Crippen molar-refractivity contribution in [3.05, 3.63) is 58.4 Å². The van der Waals surface area contributed by atoms with Gasteiger partial charge in [-0.1, -0.05) is 28.9 Å². The first kappa shape index (κ1) is 20.2. The van der Waals surface area contributed by atoms with Crippen LogP contribution >= 0.6 is 11.6 Å². The van der Waals surface area contributed by atoms with Gasteiger partial charge in [0.2, 0.25) is 11.7 Å². The van der Waals surface area contributed by atoms with Crippen LogP contribution in [0.3, 0.4) is 0 Å². The second-order valence-electron chi connectivity index (χ2n) is 5.96. The summed E-state index contributed by atoms with van der Waals surface area (Å²) >= 11 is 5.84. The van der Waals surface area contributed by atoms with Crippen molar-refractivity contribution < 1.29 is 29.1 Å². The van der Waals surface area contributed by atoms with Crippen LogP contribution in [-0.2, 0) is 17.8 Å². The maximum atomic E-state index is 12.5. The molecule has 0 radical (unpaired) electrons. The lowest BCUT2D eigenvalue weighted by molar-refractivity contribution is -0.136. The fourth-order valence-corrected chi connectivity index (χ4v) is 2.67. The number of nitrogens with zero attached hydrogens (tertiary/aromatic N) is 2. The monoisotopic (exact) mass is 417 g/mol. The Bertz CT molecular complexity index is 1050. The predicted octanol–water partition coefficient (Wildman–Crippen LogP) is 2.66. The number of aliphatic carboxylic acids is 1. The quantitative estimate of drug-likeness (QED) is 0.534. The number of benzene rings is 2. The number of hydrogen-bond donors (Lipinski definition) is 3. The van der Waals surface area contributed by atoms with Crippen LogP contribution < -0.4 is 10.1 Å². The molecule has 150 valence electrons. The van der Waals surface area contributed by atoms with Crippen molar-refractivity contribution in [3.8, 4) is 22.9 Å². The molecule has 3 rings (SSSR count). The third kappa shape index (κ3) is 4.82. The van der Waals surface area contributed by atoms with Crippen LogP contribution in [0.2, 0.25) is 5.02 Å². The normalized spacial score (nSPS) is 10.6. The van der Waals surface area contributed by atoms with Crippen molar-refractivity contribution in [1.29, 1.82) is 0 Å². The minimum atomic E-state index is -1.13. The highest BCUT2D eigenvalue weighted by Crippen LogP contribution is 2.34. The van der Waals surface area contributed by atoms with E-state index >= 15 is 0 Å². The zero-order chi connectivity index (χ0) is 21.0. The Morgan fingerprint density at radius 3 is 2.62 bits per heavy atom. The molecule has 0 spiro atoms. The maximum Gasteiger partial charge on any atom is 0.312 e. The summed E-state index contributed by atoms with van der Waals surface area (Å²) in [6, 6.07) is 9.60. The second-order valence-corrected chi connectivity index (χ2v) is 6.40. The highest BCUT2D eigenvalue weighted by atomic mass is 35.5. The van der Waals surface area contributed by atoms with Gasteiger partial charge in [-0.25, -0.2) is 0 Å². The number of aromatic hydroxyl groups is 1. The SMILES string of the molecule is COc1cc(-c2noc(CC(=O)O)n2)c(O)cc1C(=O)NCc1ccc(Cl)cc1. The van der Waals surface area contributed by atoms with E-state index in [1.54, 1.807) is 24.3 Å². The molecule has 0 saturated heterocycles. The summed E-state index contributed by atoms with van der Waals surface area (Å²) in [5, 5.41) is 26.1. The average molecular weight is 418 g/mol. The third-order valence-electron chi connectivity index (χ3n) is 3.94. The van der Waals surface area contributed by atoms with Gasteiger partial charge in [0.05, 0.1) is 18.2 Å². The molecule has 0 atom stereocenters. The van der Waals surface area contributed by atoms with Crippen LogP contribution in [0.15, 0.2) is 40.9 Å². The molecule has 2 aromatic carbocycles. The number of halogens is 1. The van der Waals surface area contributed by atoms with Gasteiger partial charge in [-0.05, 0) is 29.8 Å². The van der Waals surface area contributed by atoms with Gasteiger partial charge in [-0.15, -0.1) is 0 Å². The second kappa shape index (κ2) is 8.61. The van der Waals surface area contributed by atoms with E-state index in [2.05, 4.69) is 15.5 Å². The van der Waals surface area contributed by atoms with E-state index in [4.69, 9.17) is 26.0 Å². The zero-order valence-corrected chi connectivity index (χ0v) is 15.9. The van der Waals surface area contributed by atoms with Gasteiger partial charge in [0.15, 0.2) is 0 Å². The summed E-state index contributed by atoms with van der Waals surface area (Å²) < 4.78 is 10.1. The van der Waals surface area contributed by atoms with Gasteiger partial charge in [-0.3, -0.25) is 9.59 Å². The Morgan fingerprint density at radius 2 is 1.97 bits per heavy atom. The Balaban J connectivity index is 1.82. The van der Waals surface area contributed by atoms with Crippen molar-refractivity contribution in [3.63, 3.8) is 0 Å². The molecule has 1 heterocycles. The number of ether oxygens (including phenoxy) is 1. The number of carboxylic acids is 1. The van der Waals surface area contributed by atoms with Gasteiger partial charge < -0.3 is 24.8 Å². The Kier molecular flexibility index (Phi) is 5.99. The van der Waals surface area contributed by atoms with Gasteiger partial charge in [0, 0.05) is 11.6 Å². The molecule has 0 aliphatic rings. The lowest BCUT2D eigenvalue weighted by Gasteiger charge is -2.12. The summed E-state index contributed by atoms with van der Waals surface area (Å²) in [4.78, 5) is 27.2. The average Bonchev–Trinajstić information content (AvgIpc) is 3.14. The first-order valence-corrected chi connectivity index (χ1v) is 8.73. The molecule has 0 fully saturated rings. The van der Waals surface area contributed by atoms with Crippen LogP contribution in [0.5, 0.6) is 11.5 Å². The highest BCUT2D eigenvalue weighted by molar-refractivity contribution is 6.30. The molecule has 0 unspecified atom stereocenters. The number of phenolic OH excluding ortho intramolecular Hbond substituents is 1. The summed E-state index contributed by atoms with van der Waals surface area (Å²) in [6.45, 7) is 0.255. The number of amides is 1. The van der Waals surface area contributed by atoms with E-state index in [-0.39, 0.29) is 40.9 Å². The molecule has 1 amide bonds. The fraction of sp³-hybridized carbons (Fsp3) is 0.158. The molecule has 0 saturated carbocycles. The van der Waals surface area contributed by atoms with Gasteiger partial charge in [0.25, 0.3) is 5.91 Å². The van der Waals surface area contributed by atoms with Crippen molar-refractivity contribution in [1.82, 2.24) is 15.5 Å². The Labute approximate surface area is 169 Å². The Hall–Kier alpha value is -3.59. The van der Waals surface area contributed by atoms with Crippen LogP contribution in [0.4, 0.5) is 0 Å². The van der Waals surface area contributed by atoms with Crippen LogP contribution in [-0.4, -0.2) is 39.3 Å². The van der Waals surface area contributed by atoms with Gasteiger partial charge >= 0.3 is 5.97 Å². The number of aromatic nitrogens is 2. The van der Waals surface area contributed by atoms with E-state index in [1.807, 2.05) is 0 Å². The number of carbonyl (C=O) groups is 2. The highest BCUT2D eigenvalue weighted by Gasteiger charge is 2.20. The van der Waals surface area contributed by atoms with Crippen LogP contribution in [0.25, 0.3) is 11.4 Å². The van der Waals surface area contributed by atoms with Crippen molar-refractivity contribution in [2.24, 2.45) is 0 Å². The molecule has 29 heavy (non-hydrogen) atoms. The largest absolute Gasteiger partial charge is 0.507 e. The van der Waals surface area contributed by atoms with Crippen molar-refractivity contribution in [2.45, 2.75) is 13.0 Å². The summed E-state index contributed by atoms with van der Waals surface area (Å²) in [6.07, 6.45) is -0.448. The molecule has 10 heteroatoms. The van der Waals surface area contributed by atoms with Gasteiger partial charge in [0.1, 0.15) is 17.9 Å². The first-order valence-electron chi connectivity index (χ1n) is 8.35. The standard InChI is InChI=1S/C19H16ClN3O6/c1-28-15-7-12(18-22-16(29-23-18)8-17(25)26)14(24)6-13(15)19(27)21-9-10-2-4-11(20)5-3-10/h2-7,24H,8-9H2,1H3,(H,21,27)(H,25,26). The summed E-state index contributed by atoms with van der Waals surface area (Å²) in [5.41, 5.74) is 1.09. The molecule has 0 aliphatic heterocycles. The minimum absolute atomic E-state index is 0.0230. The van der Waals surface area contributed by atoms with E-state index in [0.717, 1.165) is 5.56 Å². The molecule has 0 aliphatic carbocycles. The number of phenols is 1. The van der Waals surface area contributed by atoms with E-state index in [0.29, 0.717) is 5.02 Å². The Morgan fingerprint density at radius 1 is 1.24 bits per heavy atom. The minimum Gasteiger partial charge on any atom is -0.507 e. The molecule has 3 N–H and O–H groups in total. The topological polar surface area (TPSA) is 135 Å². The third-order valence-corrected chi connectivity index (χ3v) is 4.19. The lowest BCUT2D eigenvalue weighted by atomic mass is 10.1. The maximum absolute atomic E-state index is 12.5. The van der Waals surface area contributed by atoms with E-state index in [1.165, 1.54) is 19.2 Å². The molecule has 3 aromatic rings. The van der Waals surface area contributed by atoms with E-state index in [9.17, 15) is 14.7 Å². The molecular weight excluding hydrogens is 402 g/mol. The zero-order valence-electron chi connectivity index (χ0n) is 15.2. The van der Waals surface area contributed by atoms with Crippen molar-refractivity contribution >= 4 is 23.5 Å². The fourth-order valence-electron chi connectivity index (χ4n) is 2.54. The molecular formula is C19H16ClN3O6. The summed E-state index contributed by atoms with van der Waals surface area (Å²) in [7, 11) is 1.37. The van der Waals surface area contributed by atoms with E-state index < -0.39 is 18.3 Å². The number of rotatable bonds is 7. The number of methoxy groups -OCH3 is 1. The first-order chi connectivity index (χ1) is 13.9. The number of nitrogens with one attached hydrogen (secondary N) is 1. The molecule has 0 bridgehead atoms. The predicted molar refractivity (Wildman–Crippen MR) is 102 cm³/mol. The lowest BCUT2D eigenvalue weighted by Crippen LogP contribution is -2.23. The molecule has 9 nitrogen and oxygen atoms in total. The number of hydrogen-bond acceptors (Lipinski definition) is 7. The van der Waals surface area contributed by atoms with Crippen LogP contribution in [0, 0.1) is 0 Å². The summed E-state index contributed by atoms with van der Waals surface area (Å²) in [5.74, 6) is -1.84.